The molecule has 7 heteroatoms. The molecule has 7 nitrogen and oxygen atoms in total. The van der Waals surface area contributed by atoms with Crippen LogP contribution in [0.15, 0.2) is 24.3 Å². The minimum absolute atomic E-state index is 0.00135. The van der Waals surface area contributed by atoms with Crippen LogP contribution in [0.5, 0.6) is 0 Å². The molecule has 2 atom stereocenters. The average molecular weight is 443 g/mol. The summed E-state index contributed by atoms with van der Waals surface area (Å²) in [5.41, 5.74) is 2.37. The standard InChI is InChI=1S/C25H38N4O3/c1-3-4-11-27-25(32)29-17-21(20-9-5-8-19(2)15-20)16-22(18-29)24(31)26-12-7-14-28-13-6-10-23(28)30/h5,8-9,15,21-22H,3-4,6-7,10-14,16-18H2,1-2H3,(H,26,31)(H,27,32). The number of nitrogens with one attached hydrogen (secondary N) is 2. The first-order chi connectivity index (χ1) is 15.5. The second kappa shape index (κ2) is 11.9. The van der Waals surface area contributed by atoms with Crippen molar-refractivity contribution >= 4 is 17.8 Å². The highest BCUT2D eigenvalue weighted by Crippen LogP contribution is 2.31. The Bertz CT molecular complexity index is 797. The van der Waals surface area contributed by atoms with E-state index in [0.717, 1.165) is 38.6 Å². The summed E-state index contributed by atoms with van der Waals surface area (Å²) in [4.78, 5) is 41.2. The van der Waals surface area contributed by atoms with Crippen LogP contribution in [-0.4, -0.2) is 66.9 Å². The lowest BCUT2D eigenvalue weighted by Gasteiger charge is -2.37. The molecular weight excluding hydrogens is 404 g/mol. The molecule has 2 fully saturated rings. The number of benzene rings is 1. The lowest BCUT2D eigenvalue weighted by molar-refractivity contribution is -0.127. The summed E-state index contributed by atoms with van der Waals surface area (Å²) in [6.45, 7) is 7.97. The second-order valence-corrected chi connectivity index (χ2v) is 9.16. The molecule has 176 valence electrons. The SMILES string of the molecule is CCCCNC(=O)N1CC(C(=O)NCCCN2CCCC2=O)CC(c2cccc(C)c2)C1. The monoisotopic (exact) mass is 442 g/mol. The van der Waals surface area contributed by atoms with Crippen LogP contribution in [0.4, 0.5) is 4.79 Å². The lowest BCUT2D eigenvalue weighted by Crippen LogP contribution is -2.51. The highest BCUT2D eigenvalue weighted by molar-refractivity contribution is 5.81. The number of rotatable bonds is 9. The number of aryl methyl sites for hydroxylation is 1. The van der Waals surface area contributed by atoms with Gasteiger partial charge < -0.3 is 20.4 Å². The van der Waals surface area contributed by atoms with Crippen LogP contribution >= 0.6 is 0 Å². The minimum Gasteiger partial charge on any atom is -0.356 e. The van der Waals surface area contributed by atoms with Gasteiger partial charge in [0.15, 0.2) is 0 Å². The molecule has 2 heterocycles. The van der Waals surface area contributed by atoms with E-state index in [9.17, 15) is 14.4 Å². The van der Waals surface area contributed by atoms with Crippen LogP contribution in [0.1, 0.15) is 62.5 Å². The molecule has 2 aliphatic rings. The van der Waals surface area contributed by atoms with Gasteiger partial charge in [-0.15, -0.1) is 0 Å². The largest absolute Gasteiger partial charge is 0.356 e. The van der Waals surface area contributed by atoms with Gasteiger partial charge in [0.25, 0.3) is 0 Å². The summed E-state index contributed by atoms with van der Waals surface area (Å²) in [7, 11) is 0. The molecule has 3 rings (SSSR count). The number of carbonyl (C=O) groups excluding carboxylic acids is 3. The molecule has 0 aromatic heterocycles. The number of amides is 4. The van der Waals surface area contributed by atoms with E-state index in [1.807, 2.05) is 11.0 Å². The number of likely N-dealkylation sites (tertiary alicyclic amines) is 2. The predicted molar refractivity (Wildman–Crippen MR) is 125 cm³/mol. The Morgan fingerprint density at radius 3 is 2.66 bits per heavy atom. The van der Waals surface area contributed by atoms with Gasteiger partial charge >= 0.3 is 6.03 Å². The summed E-state index contributed by atoms with van der Waals surface area (Å²) in [6, 6.07) is 8.28. The summed E-state index contributed by atoms with van der Waals surface area (Å²) in [5, 5.41) is 6.05. The summed E-state index contributed by atoms with van der Waals surface area (Å²) in [5.74, 6) is 0.119. The molecule has 0 spiro atoms. The van der Waals surface area contributed by atoms with Crippen molar-refractivity contribution in [3.8, 4) is 0 Å². The van der Waals surface area contributed by atoms with Crippen LogP contribution in [-0.2, 0) is 9.59 Å². The Balaban J connectivity index is 1.58. The molecule has 4 amide bonds. The third kappa shape index (κ3) is 6.71. The van der Waals surface area contributed by atoms with Crippen molar-refractivity contribution in [3.63, 3.8) is 0 Å². The van der Waals surface area contributed by atoms with Crippen molar-refractivity contribution in [1.82, 2.24) is 20.4 Å². The highest BCUT2D eigenvalue weighted by atomic mass is 16.2. The van der Waals surface area contributed by atoms with Gasteiger partial charge in [-0.2, -0.15) is 0 Å². The number of hydrogen-bond donors (Lipinski definition) is 2. The molecule has 0 aliphatic carbocycles. The zero-order valence-corrected chi connectivity index (χ0v) is 19.6. The van der Waals surface area contributed by atoms with Gasteiger partial charge in [-0.25, -0.2) is 4.79 Å². The zero-order valence-electron chi connectivity index (χ0n) is 19.6. The molecule has 32 heavy (non-hydrogen) atoms. The van der Waals surface area contributed by atoms with Crippen molar-refractivity contribution in [2.24, 2.45) is 5.92 Å². The van der Waals surface area contributed by atoms with Gasteiger partial charge in [-0.1, -0.05) is 43.2 Å². The number of hydrogen-bond acceptors (Lipinski definition) is 3. The van der Waals surface area contributed by atoms with Gasteiger partial charge in [0, 0.05) is 51.6 Å². The maximum absolute atomic E-state index is 13.0. The topological polar surface area (TPSA) is 81.8 Å². The number of piperidine rings is 1. The Labute approximate surface area is 191 Å². The van der Waals surface area contributed by atoms with Crippen LogP contribution < -0.4 is 10.6 Å². The van der Waals surface area contributed by atoms with Crippen molar-refractivity contribution in [3.05, 3.63) is 35.4 Å². The molecule has 0 radical (unpaired) electrons. The van der Waals surface area contributed by atoms with E-state index in [2.05, 4.69) is 42.7 Å². The van der Waals surface area contributed by atoms with Gasteiger partial charge in [0.1, 0.15) is 0 Å². The molecule has 0 bridgehead atoms. The molecule has 2 unspecified atom stereocenters. The van der Waals surface area contributed by atoms with Crippen molar-refractivity contribution < 1.29 is 14.4 Å². The molecular formula is C25H38N4O3. The fraction of sp³-hybridized carbons (Fsp3) is 0.640. The fourth-order valence-electron chi connectivity index (χ4n) is 4.67. The molecule has 1 aromatic carbocycles. The predicted octanol–water partition coefficient (Wildman–Crippen LogP) is 3.04. The third-order valence-electron chi connectivity index (χ3n) is 6.50. The highest BCUT2D eigenvalue weighted by Gasteiger charge is 2.34. The minimum atomic E-state index is -0.236. The maximum atomic E-state index is 13.0. The Morgan fingerprint density at radius 1 is 1.12 bits per heavy atom. The van der Waals surface area contributed by atoms with Crippen molar-refractivity contribution in [2.45, 2.75) is 58.3 Å². The van der Waals surface area contributed by atoms with E-state index < -0.39 is 0 Å². The summed E-state index contributed by atoms with van der Waals surface area (Å²) < 4.78 is 0. The van der Waals surface area contributed by atoms with Gasteiger partial charge in [0.05, 0.1) is 5.92 Å². The lowest BCUT2D eigenvalue weighted by atomic mass is 9.83. The number of unbranched alkanes of at least 4 members (excludes halogenated alkanes) is 1. The van der Waals surface area contributed by atoms with Crippen molar-refractivity contribution in [2.75, 3.05) is 39.3 Å². The first-order valence-corrected chi connectivity index (χ1v) is 12.1. The van der Waals surface area contributed by atoms with Crippen molar-refractivity contribution in [1.29, 1.82) is 0 Å². The van der Waals surface area contributed by atoms with Crippen LogP contribution in [0.2, 0.25) is 0 Å². The molecule has 1 aromatic rings. The van der Waals surface area contributed by atoms with Crippen LogP contribution in [0, 0.1) is 12.8 Å². The van der Waals surface area contributed by atoms with E-state index >= 15 is 0 Å². The van der Waals surface area contributed by atoms with E-state index in [4.69, 9.17) is 0 Å². The first-order valence-electron chi connectivity index (χ1n) is 12.1. The van der Waals surface area contributed by atoms with E-state index in [1.54, 1.807) is 4.90 Å². The van der Waals surface area contributed by atoms with Gasteiger partial charge in [-0.05, 0) is 38.2 Å². The molecule has 2 aliphatic heterocycles. The maximum Gasteiger partial charge on any atom is 0.317 e. The van der Waals surface area contributed by atoms with Crippen LogP contribution in [0.25, 0.3) is 0 Å². The van der Waals surface area contributed by atoms with Gasteiger partial charge in [0.2, 0.25) is 11.8 Å². The van der Waals surface area contributed by atoms with E-state index in [1.165, 1.54) is 11.1 Å². The summed E-state index contributed by atoms with van der Waals surface area (Å²) in [6.07, 6.45) is 5.05. The average Bonchev–Trinajstić information content (AvgIpc) is 3.21. The smallest absolute Gasteiger partial charge is 0.317 e. The quantitative estimate of drug-likeness (QED) is 0.577. The Morgan fingerprint density at radius 2 is 1.94 bits per heavy atom. The summed E-state index contributed by atoms with van der Waals surface area (Å²) >= 11 is 0. The number of carbonyl (C=O) groups is 3. The molecule has 0 saturated carbocycles. The molecule has 2 N–H and O–H groups in total. The fourth-order valence-corrected chi connectivity index (χ4v) is 4.67. The number of nitrogens with zero attached hydrogens (tertiary/aromatic N) is 2. The Kier molecular flexibility index (Phi) is 8.94. The molecule has 2 saturated heterocycles. The zero-order chi connectivity index (χ0) is 22.9. The first kappa shape index (κ1) is 24.1. The number of urea groups is 1. The van der Waals surface area contributed by atoms with Crippen LogP contribution in [0.3, 0.4) is 0 Å². The third-order valence-corrected chi connectivity index (χ3v) is 6.50. The normalized spacial score (nSPS) is 21.0. The second-order valence-electron chi connectivity index (χ2n) is 9.16. The Hall–Kier alpha value is -2.57. The van der Waals surface area contributed by atoms with Gasteiger partial charge in [-0.3, -0.25) is 9.59 Å². The van der Waals surface area contributed by atoms with E-state index in [0.29, 0.717) is 39.1 Å². The van der Waals surface area contributed by atoms with E-state index in [-0.39, 0.29) is 29.7 Å².